The summed E-state index contributed by atoms with van der Waals surface area (Å²) in [6, 6.07) is -0.120. The fraction of sp³-hybridized carbons (Fsp3) is 0.800. The van der Waals surface area contributed by atoms with Crippen molar-refractivity contribution in [3.05, 3.63) is 0 Å². The van der Waals surface area contributed by atoms with Crippen LogP contribution in [0, 0.1) is 0 Å². The summed E-state index contributed by atoms with van der Waals surface area (Å²) >= 11 is 4.67. The third-order valence-corrected chi connectivity index (χ3v) is 1.34. The monoisotopic (exact) mass is 319 g/mol. The Labute approximate surface area is 74.8 Å². The van der Waals surface area contributed by atoms with Gasteiger partial charge in [-0.05, 0) is 14.0 Å². The summed E-state index contributed by atoms with van der Waals surface area (Å²) in [7, 11) is 1.73. The van der Waals surface area contributed by atoms with Crippen molar-refractivity contribution in [3.63, 3.8) is 0 Å². The summed E-state index contributed by atoms with van der Waals surface area (Å²) in [6.07, 6.45) is 0. The van der Waals surface area contributed by atoms with Crippen LogP contribution in [-0.2, 0) is 37.8 Å². The van der Waals surface area contributed by atoms with Crippen LogP contribution in [-0.4, -0.2) is 24.6 Å². The van der Waals surface area contributed by atoms with Gasteiger partial charge >= 0.3 is 0 Å². The number of nitrogens with one attached hydrogen (secondary N) is 1. The van der Waals surface area contributed by atoms with E-state index in [9.17, 15) is 4.79 Å². The molecule has 9 heavy (non-hydrogen) atoms. The smallest absolute Gasteiger partial charge is 0.144 e. The summed E-state index contributed by atoms with van der Waals surface area (Å²) in [4.78, 5) is 10.5. The van der Waals surface area contributed by atoms with Gasteiger partial charge in [0.25, 0.3) is 0 Å². The van der Waals surface area contributed by atoms with Gasteiger partial charge in [0.1, 0.15) is 5.78 Å². The predicted octanol–water partition coefficient (Wildman–Crippen LogP) is -0.292. The Morgan fingerprint density at radius 1 is 1.78 bits per heavy atom. The SMILES string of the molecule is CN[C@@H](C[S-])C(C)=O.[Re]. The van der Waals surface area contributed by atoms with Gasteiger partial charge in [-0.3, -0.25) is 4.79 Å². The predicted molar refractivity (Wildman–Crippen MR) is 35.8 cm³/mol. The third-order valence-electron chi connectivity index (χ3n) is 1.01. The third kappa shape index (κ3) is 5.11. The molecule has 1 radical (unpaired) electrons. The molecule has 0 saturated carbocycles. The van der Waals surface area contributed by atoms with Gasteiger partial charge < -0.3 is 17.9 Å². The first kappa shape index (κ1) is 12.3. The number of carbonyl (C=O) groups excluding carboxylic acids is 1. The van der Waals surface area contributed by atoms with Crippen molar-refractivity contribution in [1.82, 2.24) is 5.32 Å². The van der Waals surface area contributed by atoms with Crippen LogP contribution in [0.4, 0.5) is 0 Å². The van der Waals surface area contributed by atoms with Crippen LogP contribution >= 0.6 is 0 Å². The summed E-state index contributed by atoms with van der Waals surface area (Å²) in [5.74, 6) is 0.578. The zero-order chi connectivity index (χ0) is 6.57. The number of carbonyl (C=O) groups is 1. The Hall–Kier alpha value is 0.642. The van der Waals surface area contributed by atoms with E-state index in [1.807, 2.05) is 0 Å². The quantitative estimate of drug-likeness (QED) is 0.725. The molecule has 4 heteroatoms. The zero-order valence-electron chi connectivity index (χ0n) is 5.48. The molecule has 0 saturated heterocycles. The van der Waals surface area contributed by atoms with Crippen LogP contribution in [0.2, 0.25) is 0 Å². The summed E-state index contributed by atoms with van der Waals surface area (Å²) in [5.41, 5.74) is 0. The van der Waals surface area contributed by atoms with Crippen molar-refractivity contribution in [2.75, 3.05) is 12.8 Å². The molecular weight excluding hydrogens is 308 g/mol. The standard InChI is InChI=1S/C5H11NOS.Re/c1-4(7)5(3-8)6-2;/h5-6,8H,3H2,1-2H3;/p-1/t5-;/m0./s1. The molecule has 0 aromatic heterocycles. The number of likely N-dealkylation sites (N-methyl/N-ethyl adjacent to an activating group) is 1. The van der Waals surface area contributed by atoms with Crippen molar-refractivity contribution in [1.29, 1.82) is 0 Å². The molecule has 0 rings (SSSR count). The molecule has 0 unspecified atom stereocenters. The molecule has 0 aromatic carbocycles. The molecule has 0 spiro atoms. The van der Waals surface area contributed by atoms with Crippen molar-refractivity contribution in [2.24, 2.45) is 0 Å². The second kappa shape index (κ2) is 6.76. The minimum atomic E-state index is -0.120. The van der Waals surface area contributed by atoms with Crippen molar-refractivity contribution in [2.45, 2.75) is 13.0 Å². The normalized spacial score (nSPS) is 11.9. The van der Waals surface area contributed by atoms with Crippen molar-refractivity contribution >= 4 is 18.4 Å². The van der Waals surface area contributed by atoms with Crippen LogP contribution in [0.5, 0.6) is 0 Å². The maximum atomic E-state index is 10.5. The van der Waals surface area contributed by atoms with Crippen molar-refractivity contribution < 1.29 is 25.2 Å². The van der Waals surface area contributed by atoms with Gasteiger partial charge in [0.05, 0.1) is 0 Å². The summed E-state index contributed by atoms with van der Waals surface area (Å²) in [6.45, 7) is 1.54. The first-order valence-electron chi connectivity index (χ1n) is 2.48. The topological polar surface area (TPSA) is 29.1 Å². The van der Waals surface area contributed by atoms with E-state index < -0.39 is 0 Å². The van der Waals surface area contributed by atoms with E-state index in [0.717, 1.165) is 0 Å². The Kier molecular flexibility index (Phi) is 9.26. The molecule has 0 aromatic rings. The number of rotatable bonds is 3. The molecule has 2 nitrogen and oxygen atoms in total. The number of hydrogen-bond donors (Lipinski definition) is 1. The van der Waals surface area contributed by atoms with Crippen LogP contribution in [0.3, 0.4) is 0 Å². The van der Waals surface area contributed by atoms with Gasteiger partial charge in [-0.1, -0.05) is 0 Å². The Morgan fingerprint density at radius 2 is 2.22 bits per heavy atom. The first-order chi connectivity index (χ1) is 3.72. The van der Waals surface area contributed by atoms with E-state index >= 15 is 0 Å². The molecular formula is C5H10NOReS-. The number of ketones is 1. The minimum Gasteiger partial charge on any atom is -0.791 e. The van der Waals surface area contributed by atoms with E-state index in [4.69, 9.17) is 0 Å². The molecule has 0 aliphatic heterocycles. The molecule has 0 aliphatic rings. The average molecular weight is 318 g/mol. The van der Waals surface area contributed by atoms with Gasteiger partial charge in [0, 0.05) is 26.5 Å². The maximum Gasteiger partial charge on any atom is 0.144 e. The van der Waals surface area contributed by atoms with Gasteiger partial charge in [-0.2, -0.15) is 5.75 Å². The van der Waals surface area contributed by atoms with E-state index in [-0.39, 0.29) is 32.2 Å². The van der Waals surface area contributed by atoms with E-state index in [0.29, 0.717) is 5.75 Å². The Bertz CT molecular complexity index is 85.0. The van der Waals surface area contributed by atoms with Crippen LogP contribution in [0.1, 0.15) is 6.92 Å². The van der Waals surface area contributed by atoms with Crippen LogP contribution in [0.25, 0.3) is 0 Å². The number of hydrogen-bond acceptors (Lipinski definition) is 3. The van der Waals surface area contributed by atoms with Crippen LogP contribution in [0.15, 0.2) is 0 Å². The molecule has 0 aliphatic carbocycles. The van der Waals surface area contributed by atoms with Gasteiger partial charge in [-0.15, -0.1) is 0 Å². The van der Waals surface area contributed by atoms with E-state index in [2.05, 4.69) is 17.9 Å². The molecule has 0 bridgehead atoms. The first-order valence-corrected chi connectivity index (χ1v) is 3.06. The summed E-state index contributed by atoms with van der Waals surface area (Å²) < 4.78 is 0. The Morgan fingerprint density at radius 3 is 2.22 bits per heavy atom. The molecule has 0 amide bonds. The van der Waals surface area contributed by atoms with Crippen LogP contribution < -0.4 is 5.32 Å². The molecule has 0 fully saturated rings. The second-order valence-electron chi connectivity index (χ2n) is 1.62. The summed E-state index contributed by atoms with van der Waals surface area (Å²) in [5, 5.41) is 2.80. The fourth-order valence-electron chi connectivity index (χ4n) is 0.404. The minimum absolute atomic E-state index is 0. The van der Waals surface area contributed by atoms with Crippen molar-refractivity contribution in [3.8, 4) is 0 Å². The fourth-order valence-corrected chi connectivity index (χ4v) is 0.805. The molecule has 1 N–H and O–H groups in total. The Balaban J connectivity index is 0. The number of Topliss-reactive ketones (excluding diaryl/α,β-unsaturated/α-hetero) is 1. The average Bonchev–Trinajstić information content (AvgIpc) is 1.69. The zero-order valence-corrected chi connectivity index (χ0v) is 9.01. The largest absolute Gasteiger partial charge is 0.791 e. The maximum absolute atomic E-state index is 10.5. The second-order valence-corrected chi connectivity index (χ2v) is 1.95. The van der Waals surface area contributed by atoms with Gasteiger partial charge in [-0.25, -0.2) is 0 Å². The molecule has 1 atom stereocenters. The van der Waals surface area contributed by atoms with E-state index in [1.54, 1.807) is 7.05 Å². The molecule has 55 valence electrons. The van der Waals surface area contributed by atoms with Gasteiger partial charge in [0.15, 0.2) is 0 Å². The molecule has 0 heterocycles. The van der Waals surface area contributed by atoms with Gasteiger partial charge in [0.2, 0.25) is 0 Å². The van der Waals surface area contributed by atoms with E-state index in [1.165, 1.54) is 6.92 Å².